The third kappa shape index (κ3) is 4.11. The molecule has 0 saturated heterocycles. The Labute approximate surface area is 175 Å². The first kappa shape index (κ1) is 20.5. The first-order valence-corrected chi connectivity index (χ1v) is 9.47. The largest absolute Gasteiger partial charge is 0.416 e. The summed E-state index contributed by atoms with van der Waals surface area (Å²) in [5.41, 5.74) is 1.22. The summed E-state index contributed by atoms with van der Waals surface area (Å²) < 4.78 is 40.0. The van der Waals surface area contributed by atoms with E-state index in [9.17, 15) is 18.0 Å². The van der Waals surface area contributed by atoms with Gasteiger partial charge in [-0.1, -0.05) is 36.4 Å². The average Bonchev–Trinajstić information content (AvgIpc) is 3.18. The molecule has 1 heterocycles. The molecule has 1 atom stereocenters. The van der Waals surface area contributed by atoms with E-state index in [2.05, 4.69) is 20.8 Å². The van der Waals surface area contributed by atoms with Crippen molar-refractivity contribution in [3.05, 3.63) is 77.6 Å². The van der Waals surface area contributed by atoms with E-state index in [0.717, 1.165) is 28.5 Å². The summed E-state index contributed by atoms with van der Waals surface area (Å²) in [4.78, 5) is 12.7. The van der Waals surface area contributed by atoms with Crippen LogP contribution >= 0.6 is 0 Å². The maximum atomic E-state index is 12.8. The van der Waals surface area contributed by atoms with Crippen molar-refractivity contribution >= 4 is 16.7 Å². The number of hydrogen-bond donors (Lipinski definition) is 1. The molecular formula is C22H18F3N5O. The maximum absolute atomic E-state index is 12.8. The number of tetrazole rings is 1. The van der Waals surface area contributed by atoms with Crippen LogP contribution in [0.5, 0.6) is 0 Å². The second-order valence-corrected chi connectivity index (χ2v) is 7.17. The topological polar surface area (TPSA) is 72.7 Å². The molecule has 0 radical (unpaired) electrons. The van der Waals surface area contributed by atoms with Crippen LogP contribution in [0.3, 0.4) is 0 Å². The summed E-state index contributed by atoms with van der Waals surface area (Å²) in [7, 11) is 1.69. The molecule has 1 amide bonds. The Balaban J connectivity index is 1.62. The van der Waals surface area contributed by atoms with Gasteiger partial charge in [0.1, 0.15) is 0 Å². The van der Waals surface area contributed by atoms with Gasteiger partial charge in [0, 0.05) is 12.6 Å². The van der Waals surface area contributed by atoms with Crippen molar-refractivity contribution in [2.45, 2.75) is 19.1 Å². The van der Waals surface area contributed by atoms with Gasteiger partial charge in [-0.15, -0.1) is 5.10 Å². The molecule has 9 heteroatoms. The van der Waals surface area contributed by atoms with Gasteiger partial charge in [-0.2, -0.15) is 13.2 Å². The van der Waals surface area contributed by atoms with E-state index in [4.69, 9.17) is 0 Å². The van der Waals surface area contributed by atoms with Gasteiger partial charge >= 0.3 is 6.18 Å². The van der Waals surface area contributed by atoms with Crippen molar-refractivity contribution in [3.8, 4) is 11.1 Å². The van der Waals surface area contributed by atoms with E-state index < -0.39 is 11.7 Å². The van der Waals surface area contributed by atoms with Crippen molar-refractivity contribution in [3.63, 3.8) is 0 Å². The number of carbonyl (C=O) groups is 1. The summed E-state index contributed by atoms with van der Waals surface area (Å²) in [5.74, 6) is 0.246. The second-order valence-electron chi connectivity index (χ2n) is 7.17. The molecule has 0 aliphatic carbocycles. The van der Waals surface area contributed by atoms with E-state index in [-0.39, 0.29) is 11.9 Å². The number of halogens is 3. The fourth-order valence-electron chi connectivity index (χ4n) is 3.46. The van der Waals surface area contributed by atoms with Crippen LogP contribution in [0.4, 0.5) is 13.2 Å². The molecule has 0 spiro atoms. The lowest BCUT2D eigenvalue weighted by Crippen LogP contribution is -2.28. The van der Waals surface area contributed by atoms with E-state index in [1.807, 2.05) is 18.2 Å². The van der Waals surface area contributed by atoms with Crippen LogP contribution in [0, 0.1) is 0 Å². The zero-order valence-corrected chi connectivity index (χ0v) is 16.7. The fourth-order valence-corrected chi connectivity index (χ4v) is 3.46. The van der Waals surface area contributed by atoms with E-state index in [1.165, 1.54) is 16.8 Å². The number of rotatable bonds is 4. The number of aryl methyl sites for hydroxylation is 1. The van der Waals surface area contributed by atoms with E-state index in [0.29, 0.717) is 17.0 Å². The standard InChI is InChI=1S/C22H18F3N5O/c1-13(20-27-28-29-30(20)2)26-21(31)16-8-11-19-15(12-16)4-3-5-18(19)14-6-9-17(10-7-14)22(23,24)25/h3-13H,1-2H3,(H,26,31). The zero-order valence-electron chi connectivity index (χ0n) is 16.7. The molecular weight excluding hydrogens is 407 g/mol. The Kier molecular flexibility index (Phi) is 5.18. The number of nitrogens with one attached hydrogen (secondary N) is 1. The van der Waals surface area contributed by atoms with Gasteiger partial charge < -0.3 is 5.32 Å². The molecule has 0 saturated carbocycles. The summed E-state index contributed by atoms with van der Waals surface area (Å²) in [6.07, 6.45) is -4.38. The monoisotopic (exact) mass is 425 g/mol. The van der Waals surface area contributed by atoms with Crippen LogP contribution in [0.25, 0.3) is 21.9 Å². The number of hydrogen-bond acceptors (Lipinski definition) is 4. The molecule has 4 rings (SSSR count). The first-order valence-electron chi connectivity index (χ1n) is 9.47. The molecule has 1 unspecified atom stereocenters. The van der Waals surface area contributed by atoms with Crippen molar-refractivity contribution in [1.82, 2.24) is 25.5 Å². The Morgan fingerprint density at radius 1 is 1.06 bits per heavy atom. The third-order valence-electron chi connectivity index (χ3n) is 5.05. The van der Waals surface area contributed by atoms with Crippen LogP contribution in [0.15, 0.2) is 60.7 Å². The van der Waals surface area contributed by atoms with Crippen molar-refractivity contribution in [2.75, 3.05) is 0 Å². The van der Waals surface area contributed by atoms with Gasteiger partial charge in [0.2, 0.25) is 0 Å². The van der Waals surface area contributed by atoms with Gasteiger partial charge in [0.15, 0.2) is 5.82 Å². The smallest absolute Gasteiger partial charge is 0.342 e. The summed E-state index contributed by atoms with van der Waals surface area (Å²) >= 11 is 0. The molecule has 0 aliphatic rings. The van der Waals surface area contributed by atoms with Crippen molar-refractivity contribution in [1.29, 1.82) is 0 Å². The van der Waals surface area contributed by atoms with Crippen molar-refractivity contribution in [2.24, 2.45) is 7.05 Å². The SMILES string of the molecule is CC(NC(=O)c1ccc2c(-c3ccc(C(F)(F)F)cc3)cccc2c1)c1nnnn1C. The molecule has 0 bridgehead atoms. The second kappa shape index (κ2) is 7.82. The molecule has 4 aromatic rings. The molecule has 0 fully saturated rings. The highest BCUT2D eigenvalue weighted by Crippen LogP contribution is 2.33. The lowest BCUT2D eigenvalue weighted by atomic mass is 9.96. The number of alkyl halides is 3. The van der Waals surface area contributed by atoms with Gasteiger partial charge in [0.25, 0.3) is 5.91 Å². The number of carbonyl (C=O) groups excluding carboxylic acids is 1. The average molecular weight is 425 g/mol. The highest BCUT2D eigenvalue weighted by Gasteiger charge is 2.30. The molecule has 6 nitrogen and oxygen atoms in total. The lowest BCUT2D eigenvalue weighted by molar-refractivity contribution is -0.137. The molecule has 1 aromatic heterocycles. The molecule has 3 aromatic carbocycles. The summed E-state index contributed by atoms with van der Waals surface area (Å²) in [6, 6.07) is 15.4. The van der Waals surface area contributed by atoms with Crippen LogP contribution in [-0.2, 0) is 13.2 Å². The van der Waals surface area contributed by atoms with E-state index >= 15 is 0 Å². The number of nitrogens with zero attached hydrogens (tertiary/aromatic N) is 4. The molecule has 158 valence electrons. The Morgan fingerprint density at radius 2 is 1.81 bits per heavy atom. The quantitative estimate of drug-likeness (QED) is 0.521. The molecule has 0 aliphatic heterocycles. The highest BCUT2D eigenvalue weighted by molar-refractivity contribution is 6.02. The van der Waals surface area contributed by atoms with Gasteiger partial charge in [-0.25, -0.2) is 4.68 Å². The minimum Gasteiger partial charge on any atom is -0.342 e. The zero-order chi connectivity index (χ0) is 22.2. The third-order valence-corrected chi connectivity index (χ3v) is 5.05. The number of benzene rings is 3. The molecule has 1 N–H and O–H groups in total. The number of amides is 1. The van der Waals surface area contributed by atoms with Gasteiger partial charge in [-0.3, -0.25) is 4.79 Å². The van der Waals surface area contributed by atoms with Crippen LogP contribution in [0.2, 0.25) is 0 Å². The number of fused-ring (bicyclic) bond motifs is 1. The van der Waals surface area contributed by atoms with Gasteiger partial charge in [-0.05, 0) is 63.5 Å². The predicted molar refractivity (Wildman–Crippen MR) is 109 cm³/mol. The van der Waals surface area contributed by atoms with Gasteiger partial charge in [0.05, 0.1) is 11.6 Å². The molecule has 31 heavy (non-hydrogen) atoms. The lowest BCUT2D eigenvalue weighted by Gasteiger charge is -2.13. The Hall–Kier alpha value is -3.75. The Bertz CT molecular complexity index is 1250. The fraction of sp³-hybridized carbons (Fsp3) is 0.182. The van der Waals surface area contributed by atoms with E-state index in [1.54, 1.807) is 32.2 Å². The van der Waals surface area contributed by atoms with Crippen molar-refractivity contribution < 1.29 is 18.0 Å². The highest BCUT2D eigenvalue weighted by atomic mass is 19.4. The van der Waals surface area contributed by atoms with Crippen LogP contribution < -0.4 is 5.32 Å². The minimum atomic E-state index is -4.38. The normalized spacial score (nSPS) is 12.7. The number of aromatic nitrogens is 4. The van der Waals surface area contributed by atoms with Crippen LogP contribution in [0.1, 0.15) is 34.7 Å². The summed E-state index contributed by atoms with van der Waals surface area (Å²) in [5, 5.41) is 15.7. The maximum Gasteiger partial charge on any atom is 0.416 e. The predicted octanol–water partition coefficient (Wildman–Crippen LogP) is 4.54. The van der Waals surface area contributed by atoms with Crippen LogP contribution in [-0.4, -0.2) is 26.1 Å². The first-order chi connectivity index (χ1) is 14.7. The minimum absolute atomic E-state index is 0.280. The summed E-state index contributed by atoms with van der Waals surface area (Å²) in [6.45, 7) is 1.79. The Morgan fingerprint density at radius 3 is 2.45 bits per heavy atom.